The summed E-state index contributed by atoms with van der Waals surface area (Å²) >= 11 is 0. The number of halogens is 3. The van der Waals surface area contributed by atoms with Crippen LogP contribution in [-0.4, -0.2) is 38.1 Å². The van der Waals surface area contributed by atoms with Gasteiger partial charge in [-0.1, -0.05) is 0 Å². The summed E-state index contributed by atoms with van der Waals surface area (Å²) in [7, 11) is 4.01. The Bertz CT molecular complexity index is 457. The van der Waals surface area contributed by atoms with Crippen LogP contribution in [0.4, 0.5) is 24.5 Å². The van der Waals surface area contributed by atoms with Crippen LogP contribution in [0.15, 0.2) is 18.2 Å². The molecule has 0 saturated carbocycles. The highest BCUT2D eigenvalue weighted by atomic mass is 19.4. The van der Waals surface area contributed by atoms with Crippen molar-refractivity contribution >= 4 is 11.4 Å². The number of hydrogen-bond donors (Lipinski definition) is 1. The second-order valence-electron chi connectivity index (χ2n) is 5.12. The summed E-state index contributed by atoms with van der Waals surface area (Å²) in [6.45, 7) is 1.61. The van der Waals surface area contributed by atoms with Gasteiger partial charge < -0.3 is 15.5 Å². The van der Waals surface area contributed by atoms with E-state index in [-0.39, 0.29) is 5.69 Å². The fraction of sp³-hybridized carbons (Fsp3) is 0.538. The number of anilines is 2. The number of nitrogens with two attached hydrogens (primary N) is 1. The van der Waals surface area contributed by atoms with Crippen molar-refractivity contribution in [1.82, 2.24) is 4.90 Å². The second kappa shape index (κ2) is 4.92. The lowest BCUT2D eigenvalue weighted by atomic mass is 10.1. The Morgan fingerprint density at radius 1 is 1.32 bits per heavy atom. The van der Waals surface area contributed by atoms with Crippen LogP contribution < -0.4 is 10.6 Å². The molecule has 1 aromatic rings. The smallest absolute Gasteiger partial charge is 0.397 e. The fourth-order valence-corrected chi connectivity index (χ4v) is 2.40. The van der Waals surface area contributed by atoms with Crippen molar-refractivity contribution < 1.29 is 13.2 Å². The van der Waals surface area contributed by atoms with Crippen LogP contribution in [0.5, 0.6) is 0 Å². The maximum absolute atomic E-state index is 12.6. The molecule has 1 heterocycles. The summed E-state index contributed by atoms with van der Waals surface area (Å²) in [4.78, 5) is 4.17. The van der Waals surface area contributed by atoms with Crippen LogP contribution in [0.3, 0.4) is 0 Å². The second-order valence-corrected chi connectivity index (χ2v) is 5.12. The van der Waals surface area contributed by atoms with Crippen molar-refractivity contribution in [2.24, 2.45) is 0 Å². The zero-order chi connectivity index (χ0) is 14.2. The van der Waals surface area contributed by atoms with Crippen LogP contribution in [0.25, 0.3) is 0 Å². The van der Waals surface area contributed by atoms with E-state index >= 15 is 0 Å². The first kappa shape index (κ1) is 14.0. The third kappa shape index (κ3) is 2.94. The van der Waals surface area contributed by atoms with Crippen molar-refractivity contribution in [3.05, 3.63) is 23.8 Å². The molecule has 106 valence electrons. The molecular formula is C13H18F3N3. The topological polar surface area (TPSA) is 32.5 Å². The van der Waals surface area contributed by atoms with Gasteiger partial charge in [-0.15, -0.1) is 0 Å². The van der Waals surface area contributed by atoms with Gasteiger partial charge in [0.1, 0.15) is 0 Å². The quantitative estimate of drug-likeness (QED) is 0.840. The number of likely N-dealkylation sites (N-methyl/N-ethyl adjacent to an activating group) is 1. The third-order valence-electron chi connectivity index (χ3n) is 3.59. The number of nitrogen functional groups attached to an aromatic ring is 1. The van der Waals surface area contributed by atoms with E-state index in [1.165, 1.54) is 6.07 Å². The van der Waals surface area contributed by atoms with Gasteiger partial charge in [0.2, 0.25) is 0 Å². The Kier molecular flexibility index (Phi) is 3.62. The van der Waals surface area contributed by atoms with Crippen LogP contribution >= 0.6 is 0 Å². The van der Waals surface area contributed by atoms with Crippen molar-refractivity contribution in [2.45, 2.75) is 18.6 Å². The zero-order valence-electron chi connectivity index (χ0n) is 11.0. The molecule has 1 aliphatic rings. The van der Waals surface area contributed by atoms with Gasteiger partial charge in [0.15, 0.2) is 0 Å². The molecule has 0 aromatic heterocycles. The third-order valence-corrected chi connectivity index (χ3v) is 3.59. The van der Waals surface area contributed by atoms with Gasteiger partial charge >= 0.3 is 6.18 Å². The number of nitrogens with zero attached hydrogens (tertiary/aromatic N) is 2. The minimum absolute atomic E-state index is 0.189. The number of rotatable bonds is 2. The van der Waals surface area contributed by atoms with Crippen molar-refractivity contribution in [3.8, 4) is 0 Å². The molecule has 1 fully saturated rings. The number of hydrogen-bond acceptors (Lipinski definition) is 3. The number of alkyl halides is 3. The molecule has 0 radical (unpaired) electrons. The fourth-order valence-electron chi connectivity index (χ4n) is 2.40. The average Bonchev–Trinajstić information content (AvgIpc) is 2.76. The Balaban J connectivity index is 2.19. The van der Waals surface area contributed by atoms with Gasteiger partial charge in [0, 0.05) is 19.1 Å². The maximum Gasteiger partial charge on any atom is 0.416 e. The summed E-state index contributed by atoms with van der Waals surface area (Å²) in [5, 5.41) is 0. The molecule has 1 aliphatic heterocycles. The van der Waals surface area contributed by atoms with Gasteiger partial charge in [0.25, 0.3) is 0 Å². The lowest BCUT2D eigenvalue weighted by Gasteiger charge is -2.23. The lowest BCUT2D eigenvalue weighted by molar-refractivity contribution is -0.137. The van der Waals surface area contributed by atoms with E-state index in [0.29, 0.717) is 11.7 Å². The summed E-state index contributed by atoms with van der Waals surface area (Å²) in [6.07, 6.45) is -3.35. The highest BCUT2D eigenvalue weighted by Gasteiger charge is 2.32. The molecular weight excluding hydrogens is 255 g/mol. The summed E-state index contributed by atoms with van der Waals surface area (Å²) in [5.41, 5.74) is 5.95. The molecule has 2 N–H and O–H groups in total. The molecule has 19 heavy (non-hydrogen) atoms. The molecule has 0 amide bonds. The first-order chi connectivity index (χ1) is 8.79. The molecule has 2 rings (SSSR count). The van der Waals surface area contributed by atoms with Crippen LogP contribution in [0.2, 0.25) is 0 Å². The first-order valence-corrected chi connectivity index (χ1v) is 6.17. The lowest BCUT2D eigenvalue weighted by Crippen LogP contribution is -2.31. The summed E-state index contributed by atoms with van der Waals surface area (Å²) < 4.78 is 37.7. The predicted octanol–water partition coefficient (Wildman–Crippen LogP) is 2.43. The number of benzene rings is 1. The van der Waals surface area contributed by atoms with Gasteiger partial charge in [-0.3, -0.25) is 0 Å². The van der Waals surface area contributed by atoms with E-state index in [9.17, 15) is 13.2 Å². The minimum Gasteiger partial charge on any atom is -0.397 e. The zero-order valence-corrected chi connectivity index (χ0v) is 11.0. The molecule has 0 spiro atoms. The standard InChI is InChI=1S/C13H18F3N3/c1-18(2)10-5-6-19(8-10)12-4-3-9(7-11(12)17)13(14,15)16/h3-4,7,10H,5-6,8,17H2,1-2H3/t10-/m0/s1. The maximum atomic E-state index is 12.6. The molecule has 0 unspecified atom stereocenters. The van der Waals surface area contributed by atoms with E-state index in [2.05, 4.69) is 4.90 Å². The Morgan fingerprint density at radius 3 is 2.47 bits per heavy atom. The molecule has 6 heteroatoms. The summed E-state index contributed by atoms with van der Waals surface area (Å²) in [6, 6.07) is 3.99. The van der Waals surface area contributed by atoms with Crippen LogP contribution in [-0.2, 0) is 6.18 Å². The van der Waals surface area contributed by atoms with E-state index in [4.69, 9.17) is 5.73 Å². The predicted molar refractivity (Wildman–Crippen MR) is 70.2 cm³/mol. The normalized spacial score (nSPS) is 20.3. The Morgan fingerprint density at radius 2 is 2.00 bits per heavy atom. The SMILES string of the molecule is CN(C)[C@H]1CCN(c2ccc(C(F)(F)F)cc2N)C1. The molecule has 1 atom stereocenters. The van der Waals surface area contributed by atoms with Crippen LogP contribution in [0, 0.1) is 0 Å². The first-order valence-electron chi connectivity index (χ1n) is 6.17. The average molecular weight is 273 g/mol. The van der Waals surface area contributed by atoms with E-state index in [1.807, 2.05) is 19.0 Å². The Hall–Kier alpha value is -1.43. The van der Waals surface area contributed by atoms with Gasteiger partial charge in [0.05, 0.1) is 16.9 Å². The van der Waals surface area contributed by atoms with Crippen molar-refractivity contribution in [1.29, 1.82) is 0 Å². The largest absolute Gasteiger partial charge is 0.416 e. The monoisotopic (exact) mass is 273 g/mol. The van der Waals surface area contributed by atoms with E-state index < -0.39 is 11.7 Å². The van der Waals surface area contributed by atoms with Crippen molar-refractivity contribution in [3.63, 3.8) is 0 Å². The highest BCUT2D eigenvalue weighted by molar-refractivity contribution is 5.69. The molecule has 0 bridgehead atoms. The Labute approximate surface area is 110 Å². The van der Waals surface area contributed by atoms with Crippen LogP contribution in [0.1, 0.15) is 12.0 Å². The minimum atomic E-state index is -4.34. The van der Waals surface area contributed by atoms with Gasteiger partial charge in [-0.05, 0) is 38.7 Å². The summed E-state index contributed by atoms with van der Waals surface area (Å²) in [5.74, 6) is 0. The van der Waals surface area contributed by atoms with Crippen molar-refractivity contribution in [2.75, 3.05) is 37.8 Å². The molecule has 1 aromatic carbocycles. The molecule has 1 saturated heterocycles. The molecule has 3 nitrogen and oxygen atoms in total. The van der Waals surface area contributed by atoms with Gasteiger partial charge in [-0.2, -0.15) is 13.2 Å². The van der Waals surface area contributed by atoms with E-state index in [1.54, 1.807) is 0 Å². The van der Waals surface area contributed by atoms with E-state index in [0.717, 1.165) is 31.6 Å². The van der Waals surface area contributed by atoms with Gasteiger partial charge in [-0.25, -0.2) is 0 Å². The molecule has 0 aliphatic carbocycles. The highest BCUT2D eigenvalue weighted by Crippen LogP contribution is 2.35.